The number of thioether (sulfide) groups is 1. The summed E-state index contributed by atoms with van der Waals surface area (Å²) in [5, 5.41) is 12.2. The number of carbonyl (C=O) groups excluding carboxylic acids is 1. The van der Waals surface area contributed by atoms with E-state index in [-0.39, 0.29) is 11.7 Å². The fourth-order valence-corrected chi connectivity index (χ4v) is 3.96. The van der Waals surface area contributed by atoms with Crippen molar-refractivity contribution < 1.29 is 4.79 Å². The molecule has 2 aromatic carbocycles. The molecule has 1 atom stereocenters. The highest BCUT2D eigenvalue weighted by Crippen LogP contribution is 2.27. The lowest BCUT2D eigenvalue weighted by atomic mass is 9.99. The van der Waals surface area contributed by atoms with E-state index in [4.69, 9.17) is 0 Å². The van der Waals surface area contributed by atoms with Crippen molar-refractivity contribution in [3.05, 3.63) is 78.8 Å². The van der Waals surface area contributed by atoms with Gasteiger partial charge in [0, 0.05) is 23.8 Å². The van der Waals surface area contributed by atoms with E-state index in [1.54, 1.807) is 18.6 Å². The zero-order valence-electron chi connectivity index (χ0n) is 18.0. The third-order valence-electron chi connectivity index (χ3n) is 5.15. The van der Waals surface area contributed by atoms with E-state index in [2.05, 4.69) is 51.5 Å². The maximum atomic E-state index is 12.6. The fraction of sp³-hybridized carbons (Fsp3) is 0.208. The average molecular weight is 445 g/mol. The molecule has 32 heavy (non-hydrogen) atoms. The van der Waals surface area contributed by atoms with Gasteiger partial charge < -0.3 is 5.32 Å². The number of nitrogens with one attached hydrogen (secondary N) is 1. The van der Waals surface area contributed by atoms with Gasteiger partial charge in [0.25, 0.3) is 0 Å². The average Bonchev–Trinajstić information content (AvgIpc) is 3.28. The number of carbonyl (C=O) groups is 1. The quantitative estimate of drug-likeness (QED) is 0.386. The van der Waals surface area contributed by atoms with Crippen molar-refractivity contribution in [2.75, 3.05) is 11.1 Å². The van der Waals surface area contributed by atoms with Gasteiger partial charge in [-0.15, -0.1) is 10.2 Å². The molecule has 0 radical (unpaired) electrons. The Bertz CT molecular complexity index is 1160. The van der Waals surface area contributed by atoms with Crippen LogP contribution >= 0.6 is 11.8 Å². The molecule has 0 saturated carbocycles. The number of benzene rings is 2. The normalized spacial score (nSPS) is 11.8. The maximum Gasteiger partial charge on any atom is 0.234 e. The van der Waals surface area contributed by atoms with Crippen molar-refractivity contribution >= 4 is 23.4 Å². The summed E-state index contributed by atoms with van der Waals surface area (Å²) in [5.74, 6) is 1.18. The first-order valence-corrected chi connectivity index (χ1v) is 11.4. The minimum Gasteiger partial charge on any atom is -0.325 e. The molecule has 1 amide bonds. The Labute approximate surface area is 191 Å². The van der Waals surface area contributed by atoms with Crippen LogP contribution in [-0.4, -0.2) is 36.4 Å². The summed E-state index contributed by atoms with van der Waals surface area (Å²) >= 11 is 1.33. The van der Waals surface area contributed by atoms with Gasteiger partial charge in [0.15, 0.2) is 11.0 Å². The van der Waals surface area contributed by atoms with Gasteiger partial charge in [-0.25, -0.2) is 4.98 Å². The second kappa shape index (κ2) is 10.2. The Hall–Kier alpha value is -3.52. The summed E-state index contributed by atoms with van der Waals surface area (Å²) in [6.45, 7) is 4.37. The number of anilines is 1. The number of hydrogen-bond donors (Lipinski definition) is 1. The van der Waals surface area contributed by atoms with Crippen LogP contribution in [0.3, 0.4) is 0 Å². The SMILES string of the molecule is CC[C@H](C)c1ccc(NC(=O)CSc2nnc(-c3cnccn3)n2-c2ccccc2)cc1. The summed E-state index contributed by atoms with van der Waals surface area (Å²) in [7, 11) is 0. The zero-order chi connectivity index (χ0) is 22.3. The van der Waals surface area contributed by atoms with E-state index < -0.39 is 0 Å². The molecule has 0 unspecified atom stereocenters. The minimum absolute atomic E-state index is 0.102. The first-order chi connectivity index (χ1) is 15.7. The summed E-state index contributed by atoms with van der Waals surface area (Å²) in [6, 6.07) is 17.8. The van der Waals surface area contributed by atoms with Crippen LogP contribution in [0.15, 0.2) is 78.3 Å². The Kier molecular flexibility index (Phi) is 6.91. The molecule has 4 aromatic rings. The molecule has 0 aliphatic heterocycles. The topological polar surface area (TPSA) is 85.6 Å². The van der Waals surface area contributed by atoms with Gasteiger partial charge in [-0.1, -0.05) is 55.9 Å². The van der Waals surface area contributed by atoms with Gasteiger partial charge in [-0.2, -0.15) is 0 Å². The largest absolute Gasteiger partial charge is 0.325 e. The monoisotopic (exact) mass is 444 g/mol. The van der Waals surface area contributed by atoms with Crippen molar-refractivity contribution in [1.29, 1.82) is 0 Å². The van der Waals surface area contributed by atoms with Gasteiger partial charge in [0.2, 0.25) is 5.91 Å². The van der Waals surface area contributed by atoms with Crippen LogP contribution in [-0.2, 0) is 4.79 Å². The number of hydrogen-bond acceptors (Lipinski definition) is 6. The van der Waals surface area contributed by atoms with E-state index in [1.165, 1.54) is 17.3 Å². The second-order valence-electron chi connectivity index (χ2n) is 7.34. The van der Waals surface area contributed by atoms with Crippen LogP contribution in [0, 0.1) is 0 Å². The molecule has 7 nitrogen and oxygen atoms in total. The van der Waals surface area contributed by atoms with Crippen LogP contribution in [0.5, 0.6) is 0 Å². The molecule has 4 rings (SSSR count). The van der Waals surface area contributed by atoms with Crippen molar-refractivity contribution in [2.24, 2.45) is 0 Å². The van der Waals surface area contributed by atoms with E-state index in [0.29, 0.717) is 22.6 Å². The van der Waals surface area contributed by atoms with Crippen molar-refractivity contribution in [3.63, 3.8) is 0 Å². The second-order valence-corrected chi connectivity index (χ2v) is 8.28. The number of aromatic nitrogens is 5. The predicted octanol–water partition coefficient (Wildman–Crippen LogP) is 4.97. The first kappa shape index (κ1) is 21.7. The lowest BCUT2D eigenvalue weighted by molar-refractivity contribution is -0.113. The van der Waals surface area contributed by atoms with Crippen molar-refractivity contribution in [3.8, 4) is 17.2 Å². The molecule has 1 N–H and O–H groups in total. The standard InChI is InChI=1S/C24H24N6OS/c1-3-17(2)18-9-11-19(12-10-18)27-22(31)16-32-24-29-28-23(21-15-25-13-14-26-21)30(24)20-7-5-4-6-8-20/h4-15,17H,3,16H2,1-2H3,(H,27,31)/t17-/m0/s1. The summed E-state index contributed by atoms with van der Waals surface area (Å²) in [6.07, 6.45) is 5.96. The van der Waals surface area contributed by atoms with Crippen molar-refractivity contribution in [1.82, 2.24) is 24.7 Å². The Morgan fingerprint density at radius 3 is 2.53 bits per heavy atom. The van der Waals surface area contributed by atoms with Gasteiger partial charge >= 0.3 is 0 Å². The lowest BCUT2D eigenvalue weighted by Gasteiger charge is -2.11. The number of nitrogens with zero attached hydrogens (tertiary/aromatic N) is 5. The first-order valence-electron chi connectivity index (χ1n) is 10.5. The predicted molar refractivity (Wildman–Crippen MR) is 127 cm³/mol. The lowest BCUT2D eigenvalue weighted by Crippen LogP contribution is -2.14. The van der Waals surface area contributed by atoms with E-state index in [9.17, 15) is 4.79 Å². The van der Waals surface area contributed by atoms with Gasteiger partial charge in [0.05, 0.1) is 11.9 Å². The highest BCUT2D eigenvalue weighted by Gasteiger charge is 2.18. The van der Waals surface area contributed by atoms with Crippen LogP contribution in [0.25, 0.3) is 17.2 Å². The number of rotatable bonds is 8. The van der Waals surface area contributed by atoms with E-state index in [1.807, 2.05) is 47.0 Å². The van der Waals surface area contributed by atoms with Crippen LogP contribution in [0.2, 0.25) is 0 Å². The molecule has 0 aliphatic rings. The highest BCUT2D eigenvalue weighted by atomic mass is 32.2. The van der Waals surface area contributed by atoms with Gasteiger partial charge in [-0.3, -0.25) is 14.3 Å². The molecule has 0 bridgehead atoms. The Morgan fingerprint density at radius 1 is 1.06 bits per heavy atom. The molecule has 162 valence electrons. The van der Waals surface area contributed by atoms with Crippen molar-refractivity contribution in [2.45, 2.75) is 31.3 Å². The highest BCUT2D eigenvalue weighted by molar-refractivity contribution is 7.99. The third-order valence-corrected chi connectivity index (χ3v) is 6.08. The van der Waals surface area contributed by atoms with E-state index >= 15 is 0 Å². The zero-order valence-corrected chi connectivity index (χ0v) is 18.8. The van der Waals surface area contributed by atoms with Crippen LogP contribution in [0.4, 0.5) is 5.69 Å². The molecule has 2 aromatic heterocycles. The number of amides is 1. The van der Waals surface area contributed by atoms with Gasteiger partial charge in [0.1, 0.15) is 5.69 Å². The molecule has 2 heterocycles. The molecule has 0 aliphatic carbocycles. The molecular weight excluding hydrogens is 420 g/mol. The maximum absolute atomic E-state index is 12.6. The number of para-hydroxylation sites is 1. The Balaban J connectivity index is 1.50. The third kappa shape index (κ3) is 5.03. The molecule has 0 fully saturated rings. The molecule has 8 heteroatoms. The minimum atomic E-state index is -0.102. The van der Waals surface area contributed by atoms with E-state index in [0.717, 1.165) is 17.8 Å². The summed E-state index contributed by atoms with van der Waals surface area (Å²) in [5.41, 5.74) is 3.56. The summed E-state index contributed by atoms with van der Waals surface area (Å²) in [4.78, 5) is 21.1. The van der Waals surface area contributed by atoms with Gasteiger partial charge in [-0.05, 0) is 42.2 Å². The molecule has 0 spiro atoms. The Morgan fingerprint density at radius 2 is 1.84 bits per heavy atom. The van der Waals surface area contributed by atoms with Crippen LogP contribution in [0.1, 0.15) is 31.7 Å². The smallest absolute Gasteiger partial charge is 0.234 e. The molecular formula is C24H24N6OS. The van der Waals surface area contributed by atoms with Crippen LogP contribution < -0.4 is 5.32 Å². The summed E-state index contributed by atoms with van der Waals surface area (Å²) < 4.78 is 1.89. The molecule has 0 saturated heterocycles. The fourth-order valence-electron chi connectivity index (χ4n) is 3.21.